The van der Waals surface area contributed by atoms with Crippen molar-refractivity contribution in [3.05, 3.63) is 12.4 Å². The quantitative estimate of drug-likeness (QED) is 0.713. The number of amides is 1. The molecule has 0 bridgehead atoms. The van der Waals surface area contributed by atoms with Crippen molar-refractivity contribution < 1.29 is 4.79 Å². The van der Waals surface area contributed by atoms with Crippen molar-refractivity contribution in [3.63, 3.8) is 0 Å². The molecule has 1 rings (SSSR count). The normalized spacial score (nSPS) is 10.3. The molecule has 0 aliphatic heterocycles. The van der Waals surface area contributed by atoms with E-state index < -0.39 is 5.91 Å². The molecule has 0 saturated carbocycles. The number of carbonyl (C=O) groups excluding carboxylic acids is 1. The largest absolute Gasteiger partial charge is 0.381 e. The second kappa shape index (κ2) is 4.59. The van der Waals surface area contributed by atoms with Crippen LogP contribution < -0.4 is 16.4 Å². The van der Waals surface area contributed by atoms with Crippen molar-refractivity contribution in [1.82, 2.24) is 9.97 Å². The third-order valence-electron chi connectivity index (χ3n) is 1.93. The Morgan fingerprint density at radius 3 is 2.53 bits per heavy atom. The molecule has 4 N–H and O–H groups in total. The van der Waals surface area contributed by atoms with Gasteiger partial charge in [0.25, 0.3) is 0 Å². The van der Waals surface area contributed by atoms with Crippen LogP contribution in [0.25, 0.3) is 0 Å². The van der Waals surface area contributed by atoms with E-state index >= 15 is 0 Å². The van der Waals surface area contributed by atoms with Gasteiger partial charge in [-0.15, -0.1) is 0 Å². The molecule has 6 heteroatoms. The number of hydrogen-bond donors (Lipinski definition) is 2. The van der Waals surface area contributed by atoms with Gasteiger partial charge in [-0.1, -0.05) is 0 Å². The summed E-state index contributed by atoms with van der Waals surface area (Å²) < 4.78 is 0. The summed E-state index contributed by atoms with van der Waals surface area (Å²) in [4.78, 5) is 20.6. The monoisotopic (exact) mass is 209 g/mol. The zero-order valence-electron chi connectivity index (χ0n) is 8.84. The van der Waals surface area contributed by atoms with Gasteiger partial charge in [-0.25, -0.2) is 9.97 Å². The number of hydrogen-bond acceptors (Lipinski definition) is 5. The highest BCUT2D eigenvalue weighted by Gasteiger charge is 2.17. The Kier molecular flexibility index (Phi) is 3.43. The van der Waals surface area contributed by atoms with Crippen LogP contribution in [0.15, 0.2) is 12.4 Å². The van der Waals surface area contributed by atoms with Crippen LogP contribution in [0, 0.1) is 0 Å². The Labute approximate surface area is 88.3 Å². The first kappa shape index (κ1) is 11.2. The van der Waals surface area contributed by atoms with Crippen molar-refractivity contribution in [3.8, 4) is 0 Å². The van der Waals surface area contributed by atoms with Crippen molar-refractivity contribution in [1.29, 1.82) is 0 Å². The van der Waals surface area contributed by atoms with Crippen LogP contribution in [0.4, 0.5) is 11.6 Å². The Morgan fingerprint density at radius 1 is 1.47 bits per heavy atom. The number of anilines is 2. The number of aromatic nitrogens is 2. The molecule has 0 saturated heterocycles. The minimum atomic E-state index is -0.422. The van der Waals surface area contributed by atoms with Crippen LogP contribution in [0.3, 0.4) is 0 Å². The first-order valence-corrected chi connectivity index (χ1v) is 4.63. The Hall–Kier alpha value is -1.85. The van der Waals surface area contributed by atoms with E-state index in [9.17, 15) is 4.79 Å². The van der Waals surface area contributed by atoms with Crippen molar-refractivity contribution in [2.24, 2.45) is 5.73 Å². The minimum Gasteiger partial charge on any atom is -0.381 e. The van der Waals surface area contributed by atoms with Gasteiger partial charge in [-0.05, 0) is 13.8 Å². The summed E-state index contributed by atoms with van der Waals surface area (Å²) in [5.74, 6) is 0.368. The molecule has 6 nitrogen and oxygen atoms in total. The molecule has 0 aliphatic carbocycles. The van der Waals surface area contributed by atoms with Gasteiger partial charge in [-0.2, -0.15) is 0 Å². The maximum Gasteiger partial charge on any atom is 0.237 e. The van der Waals surface area contributed by atoms with Crippen molar-refractivity contribution >= 4 is 17.5 Å². The lowest BCUT2D eigenvalue weighted by Crippen LogP contribution is -2.39. The summed E-state index contributed by atoms with van der Waals surface area (Å²) in [6.07, 6.45) is 3.03. The smallest absolute Gasteiger partial charge is 0.237 e. The molecule has 0 fully saturated rings. The molecule has 82 valence electrons. The highest BCUT2D eigenvalue weighted by atomic mass is 16.1. The SMILES string of the molecule is CC(C)N(CC(N)=O)c1nccnc1N. The first-order chi connectivity index (χ1) is 7.02. The molecule has 1 aromatic rings. The second-order valence-corrected chi connectivity index (χ2v) is 3.45. The van der Waals surface area contributed by atoms with Gasteiger partial charge in [0.1, 0.15) is 0 Å². The number of rotatable bonds is 4. The van der Waals surface area contributed by atoms with Gasteiger partial charge < -0.3 is 16.4 Å². The average Bonchev–Trinajstić information content (AvgIpc) is 2.15. The van der Waals surface area contributed by atoms with E-state index in [1.54, 1.807) is 4.90 Å². The molecule has 0 atom stereocenters. The topological polar surface area (TPSA) is 98.1 Å². The summed E-state index contributed by atoms with van der Waals surface area (Å²) in [6.45, 7) is 3.94. The Bertz CT molecular complexity index is 352. The number of nitrogen functional groups attached to an aromatic ring is 1. The van der Waals surface area contributed by atoms with Crippen LogP contribution >= 0.6 is 0 Å². The molecule has 0 aromatic carbocycles. The standard InChI is InChI=1S/C9H15N5O/c1-6(2)14(5-7(10)15)9-8(11)12-3-4-13-9/h3-4,6H,5H2,1-2H3,(H2,10,15)(H2,11,12). The van der Waals surface area contributed by atoms with Gasteiger partial charge in [-0.3, -0.25) is 4.79 Å². The van der Waals surface area contributed by atoms with Crippen LogP contribution in [0.5, 0.6) is 0 Å². The van der Waals surface area contributed by atoms with E-state index in [4.69, 9.17) is 11.5 Å². The van der Waals surface area contributed by atoms with E-state index in [0.717, 1.165) is 0 Å². The average molecular weight is 209 g/mol. The zero-order valence-corrected chi connectivity index (χ0v) is 8.84. The van der Waals surface area contributed by atoms with Crippen LogP contribution in [0.2, 0.25) is 0 Å². The molecule has 0 radical (unpaired) electrons. The summed E-state index contributed by atoms with van der Waals surface area (Å²) >= 11 is 0. The Morgan fingerprint density at radius 2 is 2.07 bits per heavy atom. The predicted octanol–water partition coefficient (Wildman–Crippen LogP) is -0.241. The fourth-order valence-corrected chi connectivity index (χ4v) is 1.23. The number of nitrogens with zero attached hydrogens (tertiary/aromatic N) is 3. The van der Waals surface area contributed by atoms with Crippen molar-refractivity contribution in [2.75, 3.05) is 17.2 Å². The molecule has 1 heterocycles. The van der Waals surface area contributed by atoms with Crippen molar-refractivity contribution in [2.45, 2.75) is 19.9 Å². The van der Waals surface area contributed by atoms with Crippen LogP contribution in [-0.4, -0.2) is 28.5 Å². The van der Waals surface area contributed by atoms with Gasteiger partial charge >= 0.3 is 0 Å². The second-order valence-electron chi connectivity index (χ2n) is 3.45. The lowest BCUT2D eigenvalue weighted by molar-refractivity contribution is -0.116. The highest BCUT2D eigenvalue weighted by molar-refractivity contribution is 5.80. The lowest BCUT2D eigenvalue weighted by atomic mass is 10.3. The van der Waals surface area contributed by atoms with E-state index in [-0.39, 0.29) is 12.6 Å². The third-order valence-corrected chi connectivity index (χ3v) is 1.93. The summed E-state index contributed by atoms with van der Waals surface area (Å²) in [5, 5.41) is 0. The summed E-state index contributed by atoms with van der Waals surface area (Å²) in [5.41, 5.74) is 10.8. The van der Waals surface area contributed by atoms with E-state index in [2.05, 4.69) is 9.97 Å². The fraction of sp³-hybridized carbons (Fsp3) is 0.444. The number of nitrogens with two attached hydrogens (primary N) is 2. The molecular weight excluding hydrogens is 194 g/mol. The molecule has 1 aromatic heterocycles. The molecule has 0 unspecified atom stereocenters. The first-order valence-electron chi connectivity index (χ1n) is 4.63. The van der Waals surface area contributed by atoms with Crippen LogP contribution in [-0.2, 0) is 4.79 Å². The highest BCUT2D eigenvalue weighted by Crippen LogP contribution is 2.18. The van der Waals surface area contributed by atoms with E-state index in [0.29, 0.717) is 11.6 Å². The van der Waals surface area contributed by atoms with Gasteiger partial charge in [0, 0.05) is 18.4 Å². The van der Waals surface area contributed by atoms with Gasteiger partial charge in [0.15, 0.2) is 11.6 Å². The molecule has 15 heavy (non-hydrogen) atoms. The maximum absolute atomic E-state index is 10.9. The van der Waals surface area contributed by atoms with Gasteiger partial charge in [0.2, 0.25) is 5.91 Å². The fourth-order valence-electron chi connectivity index (χ4n) is 1.23. The van der Waals surface area contributed by atoms with Crippen LogP contribution in [0.1, 0.15) is 13.8 Å². The van der Waals surface area contributed by atoms with Gasteiger partial charge in [0.05, 0.1) is 6.54 Å². The molecule has 0 aliphatic rings. The minimum absolute atomic E-state index is 0.0801. The Balaban J connectivity index is 2.99. The summed E-state index contributed by atoms with van der Waals surface area (Å²) in [7, 11) is 0. The molecular formula is C9H15N5O. The van der Waals surface area contributed by atoms with E-state index in [1.807, 2.05) is 13.8 Å². The zero-order chi connectivity index (χ0) is 11.4. The van der Waals surface area contributed by atoms with E-state index in [1.165, 1.54) is 12.4 Å². The molecule has 1 amide bonds. The third kappa shape index (κ3) is 2.80. The lowest BCUT2D eigenvalue weighted by Gasteiger charge is -2.26. The maximum atomic E-state index is 10.9. The molecule has 0 spiro atoms. The summed E-state index contributed by atoms with van der Waals surface area (Å²) in [6, 6.07) is 0.0801. The predicted molar refractivity (Wildman–Crippen MR) is 58.1 cm³/mol. The number of carbonyl (C=O) groups is 1. The number of primary amides is 1.